The van der Waals surface area contributed by atoms with Gasteiger partial charge in [-0.2, -0.15) is 11.8 Å². The minimum absolute atomic E-state index is 0.0162. The van der Waals surface area contributed by atoms with Crippen molar-refractivity contribution in [2.24, 2.45) is 5.73 Å². The Bertz CT molecular complexity index is 661. The Labute approximate surface area is 150 Å². The van der Waals surface area contributed by atoms with Crippen molar-refractivity contribution in [2.75, 3.05) is 18.1 Å². The van der Waals surface area contributed by atoms with Crippen LogP contribution in [0.2, 0.25) is 0 Å². The molecule has 3 heterocycles. The van der Waals surface area contributed by atoms with Gasteiger partial charge >= 0.3 is 5.97 Å². The largest absolute Gasteiger partial charge is 0.477 e. The lowest BCUT2D eigenvalue weighted by Crippen LogP contribution is -2.53. The van der Waals surface area contributed by atoms with Crippen molar-refractivity contribution < 1.29 is 14.7 Å². The molecule has 1 aromatic heterocycles. The second-order valence-electron chi connectivity index (χ2n) is 4.86. The van der Waals surface area contributed by atoms with Gasteiger partial charge in [-0.05, 0) is 0 Å². The first kappa shape index (κ1) is 17.2. The molecule has 0 aliphatic carbocycles. The van der Waals surface area contributed by atoms with Crippen molar-refractivity contribution in [3.63, 3.8) is 0 Å². The molecule has 1 saturated heterocycles. The molecule has 0 unspecified atom stereocenters. The number of aromatic nitrogens is 1. The lowest BCUT2D eigenvalue weighted by Gasteiger charge is -2.43. The molecular weight excluding hydrogens is 374 g/mol. The first-order valence-electron chi connectivity index (χ1n) is 6.90. The summed E-state index contributed by atoms with van der Waals surface area (Å²) >= 11 is 6.20. The van der Waals surface area contributed by atoms with Crippen LogP contribution in [0.3, 0.4) is 0 Å². The predicted molar refractivity (Wildman–Crippen MR) is 95.6 cm³/mol. The summed E-state index contributed by atoms with van der Waals surface area (Å²) in [5.41, 5.74) is 6.58. The quantitative estimate of drug-likeness (QED) is 0.540. The lowest BCUT2D eigenvalue weighted by molar-refractivity contribution is -0.146. The number of carbonyl (C=O) groups excluding carboxylic acids is 1. The van der Waals surface area contributed by atoms with Crippen LogP contribution in [0, 0.1) is 0 Å². The number of hydrogen-bond acceptors (Lipinski definition) is 8. The fourth-order valence-corrected chi connectivity index (χ4v) is 6.39. The number of nitrogens with zero attached hydrogens (tertiary/aromatic N) is 2. The molecule has 1 aromatic rings. The number of fused-ring (bicyclic) bond motifs is 1. The van der Waals surface area contributed by atoms with E-state index in [1.165, 1.54) is 28.0 Å². The summed E-state index contributed by atoms with van der Waals surface area (Å²) in [6.45, 7) is 0.646. The molecule has 124 valence electrons. The van der Waals surface area contributed by atoms with E-state index in [9.17, 15) is 14.7 Å². The van der Waals surface area contributed by atoms with Crippen LogP contribution in [0.25, 0.3) is 0 Å². The number of carboxylic acid groups (broad SMARTS) is 1. The first-order valence-corrected chi connectivity index (χ1v) is 10.8. The van der Waals surface area contributed by atoms with Crippen molar-refractivity contribution in [1.82, 2.24) is 9.88 Å². The van der Waals surface area contributed by atoms with E-state index in [-0.39, 0.29) is 17.0 Å². The van der Waals surface area contributed by atoms with Crippen LogP contribution >= 0.6 is 46.6 Å². The topological polar surface area (TPSA) is 96.5 Å². The van der Waals surface area contributed by atoms with Gasteiger partial charge in [-0.1, -0.05) is 11.8 Å². The van der Waals surface area contributed by atoms with E-state index in [4.69, 9.17) is 5.73 Å². The van der Waals surface area contributed by atoms with E-state index in [0.717, 1.165) is 21.5 Å². The third-order valence-electron chi connectivity index (χ3n) is 3.27. The number of hydrogen-bond donors (Lipinski definition) is 2. The highest BCUT2D eigenvalue weighted by molar-refractivity contribution is 8.07. The molecular formula is C13H15N3O3S4. The number of thioether (sulfide) groups is 3. The standard InChI is InChI=1S/C13H15N3O3S4/c14-1-2-20-4-7-5-22-13(15-7)23-8-6-21-10-3-9(17)16(10)11(8)12(18)19/h5,10H,1-4,6,14H2,(H,18,19)/t10-/m1/s1. The fourth-order valence-electron chi connectivity index (χ4n) is 2.23. The Morgan fingerprint density at radius 2 is 2.39 bits per heavy atom. The molecule has 2 aliphatic rings. The Kier molecular flexibility index (Phi) is 5.57. The van der Waals surface area contributed by atoms with Gasteiger partial charge in [-0.3, -0.25) is 9.69 Å². The van der Waals surface area contributed by atoms with E-state index >= 15 is 0 Å². The maximum atomic E-state index is 11.7. The predicted octanol–water partition coefficient (Wildman–Crippen LogP) is 2.03. The lowest BCUT2D eigenvalue weighted by atomic mass is 10.1. The molecule has 0 saturated carbocycles. The molecule has 10 heteroatoms. The van der Waals surface area contributed by atoms with E-state index in [1.807, 2.05) is 5.38 Å². The average molecular weight is 390 g/mol. The molecule has 6 nitrogen and oxygen atoms in total. The summed E-state index contributed by atoms with van der Waals surface area (Å²) in [4.78, 5) is 29.9. The van der Waals surface area contributed by atoms with Crippen LogP contribution in [-0.2, 0) is 15.3 Å². The maximum absolute atomic E-state index is 11.7. The molecule has 0 spiro atoms. The Hall–Kier alpha value is -0.680. The third-order valence-corrected chi connectivity index (χ3v) is 7.77. The van der Waals surface area contributed by atoms with E-state index < -0.39 is 5.97 Å². The molecule has 0 radical (unpaired) electrons. The van der Waals surface area contributed by atoms with Crippen LogP contribution in [0.4, 0.5) is 0 Å². The minimum Gasteiger partial charge on any atom is -0.477 e. The number of nitrogens with two attached hydrogens (primary N) is 1. The van der Waals surface area contributed by atoms with Crippen molar-refractivity contribution in [2.45, 2.75) is 21.9 Å². The number of rotatable bonds is 7. The highest BCUT2D eigenvalue weighted by Crippen LogP contribution is 2.45. The summed E-state index contributed by atoms with van der Waals surface area (Å²) in [7, 11) is 0. The highest BCUT2D eigenvalue weighted by Gasteiger charge is 2.45. The van der Waals surface area contributed by atoms with Crippen LogP contribution in [-0.4, -0.2) is 50.3 Å². The smallest absolute Gasteiger partial charge is 0.353 e. The van der Waals surface area contributed by atoms with Gasteiger partial charge < -0.3 is 10.8 Å². The van der Waals surface area contributed by atoms with Gasteiger partial charge in [-0.25, -0.2) is 9.78 Å². The summed E-state index contributed by atoms with van der Waals surface area (Å²) < 4.78 is 0.814. The van der Waals surface area contributed by atoms with Gasteiger partial charge in [-0.15, -0.1) is 23.1 Å². The van der Waals surface area contributed by atoms with Gasteiger partial charge in [0.05, 0.1) is 17.5 Å². The van der Waals surface area contributed by atoms with Crippen molar-refractivity contribution in [1.29, 1.82) is 0 Å². The molecule has 0 bridgehead atoms. The fraction of sp³-hybridized carbons (Fsp3) is 0.462. The molecule has 23 heavy (non-hydrogen) atoms. The molecule has 1 amide bonds. The van der Waals surface area contributed by atoms with Crippen LogP contribution in [0.15, 0.2) is 20.3 Å². The Balaban J connectivity index is 1.74. The average Bonchev–Trinajstić information content (AvgIpc) is 2.95. The summed E-state index contributed by atoms with van der Waals surface area (Å²) in [6.07, 6.45) is 0.430. The van der Waals surface area contributed by atoms with Crippen molar-refractivity contribution in [3.05, 3.63) is 21.7 Å². The summed E-state index contributed by atoms with van der Waals surface area (Å²) in [5, 5.41) is 11.4. The van der Waals surface area contributed by atoms with Gasteiger partial charge in [0.15, 0.2) is 4.34 Å². The van der Waals surface area contributed by atoms with Crippen LogP contribution < -0.4 is 5.73 Å². The molecule has 3 N–H and O–H groups in total. The van der Waals surface area contributed by atoms with Gasteiger partial charge in [0.2, 0.25) is 5.91 Å². The molecule has 1 fully saturated rings. The number of thiazole rings is 1. The van der Waals surface area contributed by atoms with E-state index in [1.54, 1.807) is 23.5 Å². The first-order chi connectivity index (χ1) is 11.1. The molecule has 1 atom stereocenters. The van der Waals surface area contributed by atoms with E-state index in [2.05, 4.69) is 4.98 Å². The normalized spacial score (nSPS) is 20.5. The number of aliphatic carboxylic acids is 1. The van der Waals surface area contributed by atoms with Crippen molar-refractivity contribution in [3.8, 4) is 0 Å². The number of β-lactam (4-membered cyclic amide) rings is 1. The molecule has 0 aromatic carbocycles. The van der Waals surface area contributed by atoms with Crippen LogP contribution in [0.1, 0.15) is 12.1 Å². The molecule has 2 aliphatic heterocycles. The zero-order chi connectivity index (χ0) is 16.4. The zero-order valence-electron chi connectivity index (χ0n) is 12.1. The zero-order valence-corrected chi connectivity index (χ0v) is 15.3. The highest BCUT2D eigenvalue weighted by atomic mass is 32.2. The second-order valence-corrected chi connectivity index (χ2v) is 9.33. The van der Waals surface area contributed by atoms with Gasteiger partial charge in [0.1, 0.15) is 5.70 Å². The summed E-state index contributed by atoms with van der Waals surface area (Å²) in [5.74, 6) is 1.15. The Morgan fingerprint density at radius 1 is 1.57 bits per heavy atom. The SMILES string of the molecule is NCCSCc1csc(SC2=C(C(=O)O)N3C(=O)C[C@H]3SC2)n1. The monoisotopic (exact) mass is 389 g/mol. The van der Waals surface area contributed by atoms with E-state index in [0.29, 0.717) is 23.6 Å². The van der Waals surface area contributed by atoms with Gasteiger partial charge in [0, 0.05) is 34.1 Å². The number of carbonyl (C=O) groups is 2. The maximum Gasteiger partial charge on any atom is 0.353 e. The Morgan fingerprint density at radius 3 is 3.09 bits per heavy atom. The van der Waals surface area contributed by atoms with Crippen molar-refractivity contribution >= 4 is 58.5 Å². The minimum atomic E-state index is -1.04. The number of amides is 1. The second kappa shape index (κ2) is 7.47. The van der Waals surface area contributed by atoms with Gasteiger partial charge in [0.25, 0.3) is 0 Å². The number of carboxylic acids is 1. The third kappa shape index (κ3) is 3.71. The van der Waals surface area contributed by atoms with Crippen LogP contribution in [0.5, 0.6) is 0 Å². The molecule has 3 rings (SSSR count). The summed E-state index contributed by atoms with van der Waals surface area (Å²) in [6, 6.07) is 0.